The first-order valence-electron chi connectivity index (χ1n) is 11.4. The SMILES string of the molecule is Cc1ccccc1OCC(=O)Nc1cc(S(=O)(=O)N2CCOCC2)ccc1N1CCCCC1. The van der Waals surface area contributed by atoms with Crippen LogP contribution in [0.1, 0.15) is 24.8 Å². The van der Waals surface area contributed by atoms with Crippen LogP contribution >= 0.6 is 0 Å². The number of sulfonamides is 1. The summed E-state index contributed by atoms with van der Waals surface area (Å²) in [5.41, 5.74) is 2.27. The summed E-state index contributed by atoms with van der Waals surface area (Å²) in [4.78, 5) is 15.1. The van der Waals surface area contributed by atoms with E-state index in [0.29, 0.717) is 37.7 Å². The molecule has 2 aliphatic rings. The number of aryl methyl sites for hydroxylation is 1. The minimum atomic E-state index is -3.68. The van der Waals surface area contributed by atoms with Crippen LogP contribution in [0.5, 0.6) is 5.75 Å². The monoisotopic (exact) mass is 473 g/mol. The number of rotatable bonds is 7. The van der Waals surface area contributed by atoms with E-state index in [1.165, 1.54) is 10.7 Å². The first-order valence-corrected chi connectivity index (χ1v) is 12.8. The number of hydrogen-bond acceptors (Lipinski definition) is 6. The number of morpholine rings is 1. The Kier molecular flexibility index (Phi) is 7.52. The zero-order valence-corrected chi connectivity index (χ0v) is 19.8. The molecule has 33 heavy (non-hydrogen) atoms. The Morgan fingerprint density at radius 2 is 1.76 bits per heavy atom. The molecule has 0 atom stereocenters. The average Bonchev–Trinajstić information content (AvgIpc) is 2.84. The number of carbonyl (C=O) groups is 1. The molecule has 0 spiro atoms. The summed E-state index contributed by atoms with van der Waals surface area (Å²) < 4.78 is 38.8. The lowest BCUT2D eigenvalue weighted by molar-refractivity contribution is -0.118. The van der Waals surface area contributed by atoms with Gasteiger partial charge in [-0.3, -0.25) is 4.79 Å². The van der Waals surface area contributed by atoms with Gasteiger partial charge < -0.3 is 19.7 Å². The van der Waals surface area contributed by atoms with Crippen molar-refractivity contribution in [3.05, 3.63) is 48.0 Å². The Morgan fingerprint density at radius 1 is 1.03 bits per heavy atom. The number of carbonyl (C=O) groups excluding carboxylic acids is 1. The first-order chi connectivity index (χ1) is 15.9. The second-order valence-electron chi connectivity index (χ2n) is 8.35. The predicted octanol–water partition coefficient (Wildman–Crippen LogP) is 3.02. The third-order valence-corrected chi connectivity index (χ3v) is 7.89. The maximum Gasteiger partial charge on any atom is 0.262 e. The Bertz CT molecular complexity index is 1080. The van der Waals surface area contributed by atoms with E-state index >= 15 is 0 Å². The van der Waals surface area contributed by atoms with Gasteiger partial charge in [-0.1, -0.05) is 18.2 Å². The summed E-state index contributed by atoms with van der Waals surface area (Å²) >= 11 is 0. The van der Waals surface area contributed by atoms with Crippen molar-refractivity contribution in [2.75, 3.05) is 56.2 Å². The lowest BCUT2D eigenvalue weighted by Crippen LogP contribution is -2.40. The van der Waals surface area contributed by atoms with Gasteiger partial charge in [0.05, 0.1) is 29.5 Å². The smallest absolute Gasteiger partial charge is 0.262 e. The van der Waals surface area contributed by atoms with Gasteiger partial charge in [0.25, 0.3) is 5.91 Å². The maximum absolute atomic E-state index is 13.2. The van der Waals surface area contributed by atoms with E-state index in [2.05, 4.69) is 10.2 Å². The van der Waals surface area contributed by atoms with Crippen LogP contribution in [0.2, 0.25) is 0 Å². The average molecular weight is 474 g/mol. The van der Waals surface area contributed by atoms with E-state index in [4.69, 9.17) is 9.47 Å². The number of para-hydroxylation sites is 1. The van der Waals surface area contributed by atoms with Gasteiger partial charge in [-0.05, 0) is 56.0 Å². The normalized spacial score (nSPS) is 17.5. The number of benzene rings is 2. The van der Waals surface area contributed by atoms with Crippen molar-refractivity contribution in [1.82, 2.24) is 4.31 Å². The molecule has 2 aliphatic heterocycles. The lowest BCUT2D eigenvalue weighted by Gasteiger charge is -2.31. The Hall–Kier alpha value is -2.62. The molecule has 8 nitrogen and oxygen atoms in total. The minimum Gasteiger partial charge on any atom is -0.483 e. The molecule has 1 N–H and O–H groups in total. The molecule has 2 aromatic rings. The molecular formula is C24H31N3O5S. The molecule has 4 rings (SSSR count). The number of nitrogens with one attached hydrogen (secondary N) is 1. The standard InChI is InChI=1S/C24H31N3O5S/c1-19-7-3-4-8-23(19)32-18-24(28)25-21-17-20(33(29,30)27-13-15-31-16-14-27)9-10-22(21)26-11-5-2-6-12-26/h3-4,7-10,17H,2,5-6,11-16,18H2,1H3,(H,25,28). The number of ether oxygens (including phenoxy) is 2. The van der Waals surface area contributed by atoms with Crippen molar-refractivity contribution in [1.29, 1.82) is 0 Å². The second kappa shape index (κ2) is 10.5. The van der Waals surface area contributed by atoms with E-state index < -0.39 is 10.0 Å². The molecule has 0 aromatic heterocycles. The van der Waals surface area contributed by atoms with Crippen molar-refractivity contribution in [2.24, 2.45) is 0 Å². The molecule has 9 heteroatoms. The molecule has 2 heterocycles. The molecule has 2 fully saturated rings. The van der Waals surface area contributed by atoms with Gasteiger partial charge in [0, 0.05) is 26.2 Å². The number of hydrogen-bond donors (Lipinski definition) is 1. The van der Waals surface area contributed by atoms with Crippen LogP contribution in [-0.4, -0.2) is 64.6 Å². The van der Waals surface area contributed by atoms with Gasteiger partial charge in [0.15, 0.2) is 6.61 Å². The zero-order chi connectivity index (χ0) is 23.3. The van der Waals surface area contributed by atoms with Crippen molar-refractivity contribution in [3.63, 3.8) is 0 Å². The molecular weight excluding hydrogens is 442 g/mol. The van der Waals surface area contributed by atoms with Crippen LogP contribution in [0.25, 0.3) is 0 Å². The fraction of sp³-hybridized carbons (Fsp3) is 0.458. The highest BCUT2D eigenvalue weighted by Crippen LogP contribution is 2.32. The summed E-state index contributed by atoms with van der Waals surface area (Å²) in [6, 6.07) is 12.5. The fourth-order valence-corrected chi connectivity index (χ4v) is 5.61. The molecule has 0 unspecified atom stereocenters. The fourth-order valence-electron chi connectivity index (χ4n) is 4.17. The Labute approximate surface area is 195 Å². The van der Waals surface area contributed by atoms with Crippen LogP contribution in [0, 0.1) is 6.92 Å². The quantitative estimate of drug-likeness (QED) is 0.665. The van der Waals surface area contributed by atoms with Gasteiger partial charge in [-0.25, -0.2) is 8.42 Å². The van der Waals surface area contributed by atoms with E-state index in [-0.39, 0.29) is 17.4 Å². The molecule has 2 saturated heterocycles. The van der Waals surface area contributed by atoms with E-state index in [1.54, 1.807) is 18.2 Å². The van der Waals surface area contributed by atoms with Crippen LogP contribution in [0.15, 0.2) is 47.4 Å². The van der Waals surface area contributed by atoms with Crippen molar-refractivity contribution in [3.8, 4) is 5.75 Å². The third-order valence-electron chi connectivity index (χ3n) is 6.00. The van der Waals surface area contributed by atoms with Gasteiger partial charge in [0.2, 0.25) is 10.0 Å². The molecule has 2 aromatic carbocycles. The molecule has 0 bridgehead atoms. The third kappa shape index (κ3) is 5.66. The number of anilines is 2. The molecule has 178 valence electrons. The summed E-state index contributed by atoms with van der Waals surface area (Å²) in [5, 5.41) is 2.90. The Morgan fingerprint density at radius 3 is 2.48 bits per heavy atom. The van der Waals surface area contributed by atoms with Gasteiger partial charge >= 0.3 is 0 Å². The maximum atomic E-state index is 13.2. The number of amides is 1. The second-order valence-corrected chi connectivity index (χ2v) is 10.3. The largest absolute Gasteiger partial charge is 0.483 e. The van der Waals surface area contributed by atoms with Crippen LogP contribution in [-0.2, 0) is 19.6 Å². The van der Waals surface area contributed by atoms with Crippen molar-refractivity contribution in [2.45, 2.75) is 31.1 Å². The molecule has 0 radical (unpaired) electrons. The highest BCUT2D eigenvalue weighted by atomic mass is 32.2. The zero-order valence-electron chi connectivity index (χ0n) is 19.0. The molecule has 1 amide bonds. The minimum absolute atomic E-state index is 0.162. The van der Waals surface area contributed by atoms with Gasteiger partial charge in [0.1, 0.15) is 5.75 Å². The van der Waals surface area contributed by atoms with E-state index in [1.807, 2.05) is 31.2 Å². The van der Waals surface area contributed by atoms with E-state index in [9.17, 15) is 13.2 Å². The predicted molar refractivity (Wildman–Crippen MR) is 127 cm³/mol. The molecule has 0 aliphatic carbocycles. The number of piperidine rings is 1. The number of nitrogens with zero attached hydrogens (tertiary/aromatic N) is 2. The lowest BCUT2D eigenvalue weighted by atomic mass is 10.1. The summed E-state index contributed by atoms with van der Waals surface area (Å²) in [7, 11) is -3.68. The first kappa shape index (κ1) is 23.5. The summed E-state index contributed by atoms with van der Waals surface area (Å²) in [6.45, 7) is 4.91. The van der Waals surface area contributed by atoms with Gasteiger partial charge in [-0.2, -0.15) is 4.31 Å². The van der Waals surface area contributed by atoms with Crippen LogP contribution < -0.4 is 15.0 Å². The van der Waals surface area contributed by atoms with Gasteiger partial charge in [-0.15, -0.1) is 0 Å². The topological polar surface area (TPSA) is 88.2 Å². The molecule has 0 saturated carbocycles. The summed E-state index contributed by atoms with van der Waals surface area (Å²) in [6.07, 6.45) is 3.31. The van der Waals surface area contributed by atoms with Crippen LogP contribution in [0.3, 0.4) is 0 Å². The van der Waals surface area contributed by atoms with Crippen LogP contribution in [0.4, 0.5) is 11.4 Å². The van der Waals surface area contributed by atoms with Crippen molar-refractivity contribution >= 4 is 27.3 Å². The van der Waals surface area contributed by atoms with E-state index in [0.717, 1.165) is 37.2 Å². The summed E-state index contributed by atoms with van der Waals surface area (Å²) in [5.74, 6) is 0.310. The highest BCUT2D eigenvalue weighted by molar-refractivity contribution is 7.89. The Balaban J connectivity index is 1.56. The highest BCUT2D eigenvalue weighted by Gasteiger charge is 2.28. The van der Waals surface area contributed by atoms with Crippen molar-refractivity contribution < 1.29 is 22.7 Å².